The number of anilines is 2. The number of alkyl halides is 3. The van der Waals surface area contributed by atoms with Crippen molar-refractivity contribution in [2.45, 2.75) is 11.1 Å². The van der Waals surface area contributed by atoms with Gasteiger partial charge in [0.05, 0.1) is 0 Å². The second-order valence-corrected chi connectivity index (χ2v) is 9.92. The molecule has 0 saturated carbocycles. The number of hydrogen-bond donors (Lipinski definition) is 1. The van der Waals surface area contributed by atoms with Gasteiger partial charge in [0.25, 0.3) is 0 Å². The fraction of sp³-hybridized carbons (Fsp3) is 0.190. The van der Waals surface area contributed by atoms with E-state index in [0.717, 1.165) is 21.9 Å². The van der Waals surface area contributed by atoms with Crippen LogP contribution in [0.15, 0.2) is 42.6 Å². The van der Waals surface area contributed by atoms with Crippen molar-refractivity contribution in [1.82, 2.24) is 10.3 Å². The van der Waals surface area contributed by atoms with Gasteiger partial charge in [0.15, 0.2) is 0 Å². The van der Waals surface area contributed by atoms with E-state index in [2.05, 4.69) is 10.3 Å². The van der Waals surface area contributed by atoms with Gasteiger partial charge in [0.1, 0.15) is 0 Å². The molecule has 1 aromatic heterocycles. The van der Waals surface area contributed by atoms with Crippen molar-refractivity contribution < 1.29 is 31.5 Å². The summed E-state index contributed by atoms with van der Waals surface area (Å²) in [5.74, 6) is -2.85. The average molecular weight is 564 g/mol. The van der Waals surface area contributed by atoms with E-state index in [1.807, 2.05) is 0 Å². The first kappa shape index (κ1) is 24.2. The number of carbonyl (C=O) groups is 2. The van der Waals surface area contributed by atoms with Gasteiger partial charge >= 0.3 is 196 Å². The number of carbonyl (C=O) groups excluding carboxylic acids is 2. The van der Waals surface area contributed by atoms with Crippen LogP contribution in [0.3, 0.4) is 0 Å². The zero-order valence-corrected chi connectivity index (χ0v) is 19.6. The molecule has 4 rings (SSSR count). The molecule has 34 heavy (non-hydrogen) atoms. The number of halogens is 6. The molecule has 13 heteroatoms. The zero-order valence-electron chi connectivity index (χ0n) is 17.2. The van der Waals surface area contributed by atoms with Crippen molar-refractivity contribution in [1.29, 1.82) is 0 Å². The molecule has 6 nitrogen and oxygen atoms in total. The van der Waals surface area contributed by atoms with Crippen molar-refractivity contribution in [3.8, 4) is 0 Å². The molecule has 3 aromatic rings. The van der Waals surface area contributed by atoms with Gasteiger partial charge in [-0.05, 0) is 0 Å². The molecule has 3 amide bonds. The Morgan fingerprint density at radius 3 is 2.68 bits per heavy atom. The monoisotopic (exact) mass is 564 g/mol. The summed E-state index contributed by atoms with van der Waals surface area (Å²) in [5.41, 5.74) is 0.169. The Morgan fingerprint density at radius 2 is 1.97 bits per heavy atom. The Kier molecular flexibility index (Phi) is 6.41. The maximum absolute atomic E-state index is 14.5. The Bertz CT molecular complexity index is 1310. The minimum absolute atomic E-state index is 0.0227. The summed E-state index contributed by atoms with van der Waals surface area (Å²) < 4.78 is 67.2. The quantitative estimate of drug-likeness (QED) is 0.300. The number of nitrogens with one attached hydrogen (secondary N) is 1. The zero-order chi connectivity index (χ0) is 24.8. The molecule has 2 aromatic carbocycles. The van der Waals surface area contributed by atoms with Crippen molar-refractivity contribution in [3.05, 3.63) is 59.3 Å². The summed E-state index contributed by atoms with van der Waals surface area (Å²) in [7, 11) is 1.24. The van der Waals surface area contributed by atoms with E-state index in [-0.39, 0.29) is 27.8 Å². The summed E-state index contributed by atoms with van der Waals surface area (Å²) >= 11 is 3.75. The summed E-state index contributed by atoms with van der Waals surface area (Å²) in [6.45, 7) is -0.136. The number of fused-ring (bicyclic) bond motifs is 1. The number of nitrogens with zero attached hydrogens (tertiary/aromatic N) is 3. The first-order valence-electron chi connectivity index (χ1n) is 9.60. The molecule has 0 bridgehead atoms. The molecule has 1 aliphatic heterocycles. The SMILES string of the molecule is CN(C(=O)C1CNC(=O)N1c1ccc2nccc([Se]C(F)(F)F)c2c1)c1ccc(F)c(Cl)c1F. The van der Waals surface area contributed by atoms with Gasteiger partial charge in [-0.2, -0.15) is 0 Å². The van der Waals surface area contributed by atoms with Gasteiger partial charge in [-0.25, -0.2) is 4.39 Å². The van der Waals surface area contributed by atoms with Gasteiger partial charge < -0.3 is 0 Å². The molecular formula is C21H14ClF5N4O2Se. The van der Waals surface area contributed by atoms with Crippen molar-refractivity contribution in [2.24, 2.45) is 0 Å². The molecule has 0 radical (unpaired) electrons. The Balaban J connectivity index is 1.71. The molecule has 2 heterocycles. The summed E-state index contributed by atoms with van der Waals surface area (Å²) in [6, 6.07) is 5.68. The normalized spacial score (nSPS) is 16.1. The number of likely N-dealkylation sites (N-methyl/N-ethyl adjacent to an activating group) is 1. The Morgan fingerprint density at radius 1 is 1.24 bits per heavy atom. The second-order valence-electron chi connectivity index (χ2n) is 7.22. The van der Waals surface area contributed by atoms with E-state index in [1.165, 1.54) is 37.5 Å². The third kappa shape index (κ3) is 4.53. The number of urea groups is 1. The number of amides is 3. The standard InChI is InChI=1S/C21H14ClF5N4O2Se/c1-30(14-5-3-12(23)17(22)18(14)24)19(32)15-9-29-20(33)31(15)10-2-4-13-11(8-10)16(6-7-28-13)34-21(25,26)27/h2-8,15H,9H2,1H3,(H,29,33). The van der Waals surface area contributed by atoms with Crippen molar-refractivity contribution >= 4 is 65.2 Å². The van der Waals surface area contributed by atoms with E-state index in [9.17, 15) is 31.5 Å². The number of benzene rings is 2. The topological polar surface area (TPSA) is 65.5 Å². The van der Waals surface area contributed by atoms with Gasteiger partial charge in [-0.1, -0.05) is 0 Å². The van der Waals surface area contributed by atoms with E-state index < -0.39 is 54.7 Å². The van der Waals surface area contributed by atoms with Gasteiger partial charge in [0.2, 0.25) is 0 Å². The molecule has 178 valence electrons. The Labute approximate surface area is 200 Å². The molecule has 1 saturated heterocycles. The average Bonchev–Trinajstić information content (AvgIpc) is 3.17. The maximum atomic E-state index is 14.5. The summed E-state index contributed by atoms with van der Waals surface area (Å²) in [5, 5.41) is -2.47. The third-order valence-corrected chi connectivity index (χ3v) is 7.20. The fourth-order valence-corrected chi connectivity index (χ4v) is 5.11. The van der Waals surface area contributed by atoms with E-state index in [4.69, 9.17) is 11.6 Å². The van der Waals surface area contributed by atoms with Crippen LogP contribution in [0, 0.1) is 11.6 Å². The first-order valence-corrected chi connectivity index (χ1v) is 11.7. The number of hydrogen-bond acceptors (Lipinski definition) is 3. The van der Waals surface area contributed by atoms with Crippen LogP contribution >= 0.6 is 11.6 Å². The van der Waals surface area contributed by atoms with E-state index in [1.54, 1.807) is 0 Å². The van der Waals surface area contributed by atoms with Gasteiger partial charge in [-0.15, -0.1) is 0 Å². The Hall–Kier alpha value is -2.95. The second kappa shape index (κ2) is 9.01. The van der Waals surface area contributed by atoms with Crippen LogP contribution in [0.25, 0.3) is 10.9 Å². The summed E-state index contributed by atoms with van der Waals surface area (Å²) in [4.78, 5) is 31.8. The number of pyridine rings is 1. The van der Waals surface area contributed by atoms with Crippen LogP contribution in [-0.2, 0) is 4.79 Å². The van der Waals surface area contributed by atoms with Crippen LogP contribution < -0.4 is 19.6 Å². The molecule has 1 fully saturated rings. The van der Waals surface area contributed by atoms with Crippen molar-refractivity contribution in [2.75, 3.05) is 23.4 Å². The van der Waals surface area contributed by atoms with Crippen LogP contribution in [0.5, 0.6) is 0 Å². The van der Waals surface area contributed by atoms with Gasteiger partial charge in [0, 0.05) is 0 Å². The van der Waals surface area contributed by atoms with Crippen LogP contribution in [0.1, 0.15) is 0 Å². The predicted molar refractivity (Wildman–Crippen MR) is 118 cm³/mol. The molecule has 1 N–H and O–H groups in total. The molecule has 1 unspecified atom stereocenters. The van der Waals surface area contributed by atoms with Gasteiger partial charge in [-0.3, -0.25) is 0 Å². The molecular weight excluding hydrogens is 550 g/mol. The molecule has 1 atom stereocenters. The first-order chi connectivity index (χ1) is 16.0. The van der Waals surface area contributed by atoms with Crippen molar-refractivity contribution in [3.63, 3.8) is 0 Å². The number of rotatable bonds is 4. The van der Waals surface area contributed by atoms with Crippen LogP contribution in [-0.4, -0.2) is 56.6 Å². The van der Waals surface area contributed by atoms with E-state index >= 15 is 0 Å². The third-order valence-electron chi connectivity index (χ3n) is 5.16. The molecule has 0 spiro atoms. The minimum atomic E-state index is -4.40. The van der Waals surface area contributed by atoms with Crippen LogP contribution in [0.4, 0.5) is 38.1 Å². The van der Waals surface area contributed by atoms with E-state index in [0.29, 0.717) is 5.52 Å². The molecule has 0 aliphatic carbocycles. The number of aromatic nitrogens is 1. The fourth-order valence-electron chi connectivity index (χ4n) is 3.59. The molecule has 1 aliphatic rings. The summed E-state index contributed by atoms with van der Waals surface area (Å²) in [6.07, 6.45) is 1.27. The van der Waals surface area contributed by atoms with Crippen LogP contribution in [0.2, 0.25) is 5.02 Å². The predicted octanol–water partition coefficient (Wildman–Crippen LogP) is 3.58.